The van der Waals surface area contributed by atoms with E-state index in [4.69, 9.17) is 16.3 Å². The molecule has 2 aromatic heterocycles. The number of ether oxygens (including phenoxy) is 1. The maximum Gasteiger partial charge on any atom is 0.266 e. The van der Waals surface area contributed by atoms with Gasteiger partial charge in [0.2, 0.25) is 0 Å². The van der Waals surface area contributed by atoms with Crippen molar-refractivity contribution in [2.24, 2.45) is 0 Å². The normalized spacial score (nSPS) is 14.0. The summed E-state index contributed by atoms with van der Waals surface area (Å²) in [7, 11) is 1.86. The van der Waals surface area contributed by atoms with Crippen molar-refractivity contribution in [1.82, 2.24) is 9.88 Å². The highest BCUT2D eigenvalue weighted by molar-refractivity contribution is 7.21. The third kappa shape index (κ3) is 5.46. The SMILES string of the molecule is CCOc1ccc(-c2ccc(NC)nc2)cc1CN(C(=O)c1sc2ccccc2c1Cl)C1CCCCC1. The number of hydrogen-bond acceptors (Lipinski definition) is 5. The van der Waals surface area contributed by atoms with Crippen LogP contribution >= 0.6 is 22.9 Å². The Morgan fingerprint density at radius 2 is 1.89 bits per heavy atom. The van der Waals surface area contributed by atoms with Gasteiger partial charge in [0.15, 0.2) is 0 Å². The first kappa shape index (κ1) is 25.6. The fraction of sp³-hybridized carbons (Fsp3) is 0.333. The van der Waals surface area contributed by atoms with Gasteiger partial charge in [0.1, 0.15) is 16.4 Å². The molecular weight excluding hydrogens is 502 g/mol. The topological polar surface area (TPSA) is 54.5 Å². The van der Waals surface area contributed by atoms with Gasteiger partial charge in [-0.25, -0.2) is 4.98 Å². The third-order valence-electron chi connectivity index (χ3n) is 7.06. The van der Waals surface area contributed by atoms with Crippen molar-refractivity contribution in [2.45, 2.75) is 51.6 Å². The number of hydrogen-bond donors (Lipinski definition) is 1. The summed E-state index contributed by atoms with van der Waals surface area (Å²) in [5, 5.41) is 4.56. The lowest BCUT2D eigenvalue weighted by molar-refractivity contribution is 0.0617. The van der Waals surface area contributed by atoms with Crippen LogP contribution in [0.5, 0.6) is 5.75 Å². The first-order valence-corrected chi connectivity index (χ1v) is 14.2. The molecule has 0 saturated heterocycles. The predicted molar refractivity (Wildman–Crippen MR) is 154 cm³/mol. The first-order valence-electron chi connectivity index (χ1n) is 13.0. The molecule has 0 radical (unpaired) electrons. The minimum Gasteiger partial charge on any atom is -0.494 e. The Balaban J connectivity index is 1.53. The van der Waals surface area contributed by atoms with Crippen LogP contribution in [0.3, 0.4) is 0 Å². The summed E-state index contributed by atoms with van der Waals surface area (Å²) in [4.78, 5) is 21.3. The van der Waals surface area contributed by atoms with E-state index in [0.717, 1.165) is 64.0 Å². The molecule has 2 aromatic carbocycles. The van der Waals surface area contributed by atoms with Crippen LogP contribution in [0.25, 0.3) is 21.2 Å². The number of nitrogens with one attached hydrogen (secondary N) is 1. The summed E-state index contributed by atoms with van der Waals surface area (Å²) in [5.74, 6) is 1.64. The van der Waals surface area contributed by atoms with Crippen molar-refractivity contribution in [1.29, 1.82) is 0 Å². The van der Waals surface area contributed by atoms with Crippen molar-refractivity contribution >= 4 is 44.7 Å². The van der Waals surface area contributed by atoms with Gasteiger partial charge in [0.25, 0.3) is 5.91 Å². The number of anilines is 1. The standard InChI is InChI=1S/C30H32ClN3O2S/c1-3-36-25-15-13-20(21-14-16-27(32-2)33-18-21)17-22(25)19-34(23-9-5-4-6-10-23)30(35)29-28(31)24-11-7-8-12-26(24)37-29/h7-8,11-18,23H,3-6,9-10,19H2,1-2H3,(H,32,33). The molecule has 5 rings (SSSR count). The van der Waals surface area contributed by atoms with Gasteiger partial charge < -0.3 is 15.0 Å². The van der Waals surface area contributed by atoms with Gasteiger partial charge in [-0.3, -0.25) is 4.79 Å². The molecule has 1 N–H and O–H groups in total. The van der Waals surface area contributed by atoms with E-state index in [9.17, 15) is 4.79 Å². The summed E-state index contributed by atoms with van der Waals surface area (Å²) in [5.41, 5.74) is 3.06. The van der Waals surface area contributed by atoms with E-state index in [1.165, 1.54) is 17.8 Å². The molecule has 2 heterocycles. The highest BCUT2D eigenvalue weighted by Gasteiger charge is 2.30. The van der Waals surface area contributed by atoms with Crippen LogP contribution in [0.1, 0.15) is 54.3 Å². The number of rotatable bonds is 8. The molecule has 1 amide bonds. The number of nitrogens with zero attached hydrogens (tertiary/aromatic N) is 2. The highest BCUT2D eigenvalue weighted by Crippen LogP contribution is 2.38. The largest absolute Gasteiger partial charge is 0.494 e. The average molecular weight is 534 g/mol. The smallest absolute Gasteiger partial charge is 0.266 e. The molecule has 0 unspecified atom stereocenters. The highest BCUT2D eigenvalue weighted by atomic mass is 35.5. The van der Waals surface area contributed by atoms with E-state index in [-0.39, 0.29) is 11.9 Å². The third-order valence-corrected chi connectivity index (χ3v) is 8.72. The van der Waals surface area contributed by atoms with Crippen LogP contribution in [-0.4, -0.2) is 35.5 Å². The molecule has 37 heavy (non-hydrogen) atoms. The van der Waals surface area contributed by atoms with Crippen molar-refractivity contribution in [3.63, 3.8) is 0 Å². The summed E-state index contributed by atoms with van der Waals surface area (Å²) in [6.45, 7) is 3.02. The second kappa shape index (κ2) is 11.5. The first-order chi connectivity index (χ1) is 18.1. The van der Waals surface area contributed by atoms with Crippen molar-refractivity contribution in [2.75, 3.05) is 19.0 Å². The Morgan fingerprint density at radius 3 is 2.59 bits per heavy atom. The molecule has 1 fully saturated rings. The Kier molecular flexibility index (Phi) is 7.96. The van der Waals surface area contributed by atoms with Crippen LogP contribution in [0.2, 0.25) is 5.02 Å². The van der Waals surface area contributed by atoms with E-state index in [1.54, 1.807) is 0 Å². The lowest BCUT2D eigenvalue weighted by Gasteiger charge is -2.35. The number of aromatic nitrogens is 1. The number of pyridine rings is 1. The van der Waals surface area contributed by atoms with Crippen molar-refractivity contribution in [3.8, 4) is 16.9 Å². The van der Waals surface area contributed by atoms with E-state index in [1.807, 2.05) is 61.5 Å². The molecule has 1 saturated carbocycles. The van der Waals surface area contributed by atoms with Crippen LogP contribution in [0.15, 0.2) is 60.8 Å². The van der Waals surface area contributed by atoms with Gasteiger partial charge in [0, 0.05) is 47.0 Å². The second-order valence-electron chi connectivity index (χ2n) is 9.40. The molecule has 192 valence electrons. The van der Waals surface area contributed by atoms with Crippen LogP contribution in [0, 0.1) is 0 Å². The van der Waals surface area contributed by atoms with Gasteiger partial charge in [0.05, 0.1) is 11.6 Å². The predicted octanol–water partition coefficient (Wildman–Crippen LogP) is 8.03. The Labute approximate surface area is 227 Å². The number of carbonyl (C=O) groups excluding carboxylic acids is 1. The zero-order valence-electron chi connectivity index (χ0n) is 21.3. The molecule has 5 nitrogen and oxygen atoms in total. The van der Waals surface area contributed by atoms with Gasteiger partial charge in [-0.05, 0) is 55.7 Å². The van der Waals surface area contributed by atoms with E-state index in [2.05, 4.69) is 28.5 Å². The minimum absolute atomic E-state index is 0.00555. The summed E-state index contributed by atoms with van der Waals surface area (Å²) in [6, 6.07) is 18.4. The van der Waals surface area contributed by atoms with Gasteiger partial charge in [-0.2, -0.15) is 0 Å². The van der Waals surface area contributed by atoms with Crippen LogP contribution in [0.4, 0.5) is 5.82 Å². The second-order valence-corrected chi connectivity index (χ2v) is 10.8. The van der Waals surface area contributed by atoms with E-state index in [0.29, 0.717) is 23.1 Å². The number of thiophene rings is 1. The fourth-order valence-electron chi connectivity index (χ4n) is 5.12. The molecule has 0 aliphatic heterocycles. The Bertz CT molecular complexity index is 1380. The van der Waals surface area contributed by atoms with Crippen LogP contribution < -0.4 is 10.1 Å². The zero-order chi connectivity index (χ0) is 25.8. The number of halogens is 1. The fourth-order valence-corrected chi connectivity index (χ4v) is 6.58. The maximum absolute atomic E-state index is 14.1. The maximum atomic E-state index is 14.1. The lowest BCUT2D eigenvalue weighted by Crippen LogP contribution is -2.40. The Morgan fingerprint density at radius 1 is 1.11 bits per heavy atom. The minimum atomic E-state index is 0.00555. The Hall–Kier alpha value is -3.09. The molecular formula is C30H32ClN3O2S. The molecule has 7 heteroatoms. The number of fused-ring (bicyclic) bond motifs is 1. The molecule has 1 aliphatic rings. The summed E-state index contributed by atoms with van der Waals surface area (Å²) >= 11 is 8.26. The summed E-state index contributed by atoms with van der Waals surface area (Å²) in [6.07, 6.45) is 7.37. The monoisotopic (exact) mass is 533 g/mol. The van der Waals surface area contributed by atoms with Crippen LogP contribution in [-0.2, 0) is 6.54 Å². The quantitative estimate of drug-likeness (QED) is 0.249. The molecule has 1 aliphatic carbocycles. The van der Waals surface area contributed by atoms with Gasteiger partial charge in [-0.15, -0.1) is 11.3 Å². The average Bonchev–Trinajstić information content (AvgIpc) is 3.29. The summed E-state index contributed by atoms with van der Waals surface area (Å²) < 4.78 is 7.06. The van der Waals surface area contributed by atoms with Crippen molar-refractivity contribution < 1.29 is 9.53 Å². The van der Waals surface area contributed by atoms with E-state index >= 15 is 0 Å². The number of benzene rings is 2. The van der Waals surface area contributed by atoms with Crippen molar-refractivity contribution in [3.05, 3.63) is 76.3 Å². The number of carbonyl (C=O) groups is 1. The molecule has 4 aromatic rings. The molecule has 0 atom stereocenters. The number of amides is 1. The lowest BCUT2D eigenvalue weighted by atomic mass is 9.93. The van der Waals surface area contributed by atoms with E-state index < -0.39 is 0 Å². The molecule has 0 spiro atoms. The van der Waals surface area contributed by atoms with Gasteiger partial charge >= 0.3 is 0 Å². The zero-order valence-corrected chi connectivity index (χ0v) is 22.9. The molecule has 0 bridgehead atoms. The van der Waals surface area contributed by atoms with Gasteiger partial charge in [-0.1, -0.05) is 55.1 Å².